The van der Waals surface area contributed by atoms with Gasteiger partial charge in [-0.25, -0.2) is 0 Å². The Morgan fingerprint density at radius 1 is 0.633 bits per heavy atom. The third-order valence-electron chi connectivity index (χ3n) is 5.58. The number of rotatable bonds is 5. The highest BCUT2D eigenvalue weighted by molar-refractivity contribution is 6.01. The predicted molar refractivity (Wildman–Crippen MR) is 116 cm³/mol. The van der Waals surface area contributed by atoms with Gasteiger partial charge < -0.3 is 9.80 Å². The third-order valence-corrected chi connectivity index (χ3v) is 5.58. The molecule has 5 nitrogen and oxygen atoms in total. The zero-order valence-electron chi connectivity index (χ0n) is 16.8. The molecular formula is C25H24N2O3. The first-order valence-electron chi connectivity index (χ1n) is 10.3. The van der Waals surface area contributed by atoms with E-state index >= 15 is 0 Å². The van der Waals surface area contributed by atoms with Crippen LogP contribution in [0.1, 0.15) is 33.6 Å². The lowest BCUT2D eigenvalue weighted by Gasteiger charge is -2.34. The zero-order chi connectivity index (χ0) is 20.9. The Balaban J connectivity index is 1.28. The number of hydrogen-bond acceptors (Lipinski definition) is 3. The Kier molecular flexibility index (Phi) is 5.89. The van der Waals surface area contributed by atoms with E-state index in [2.05, 4.69) is 0 Å². The van der Waals surface area contributed by atoms with Crippen LogP contribution in [0.15, 0.2) is 72.8 Å². The fraction of sp³-hybridized carbons (Fsp3) is 0.240. The normalized spacial score (nSPS) is 14.0. The maximum atomic E-state index is 12.6. The zero-order valence-corrected chi connectivity index (χ0v) is 16.8. The first-order valence-corrected chi connectivity index (χ1v) is 10.3. The molecule has 1 aliphatic rings. The van der Waals surface area contributed by atoms with Crippen LogP contribution in [0.2, 0.25) is 0 Å². The van der Waals surface area contributed by atoms with Crippen molar-refractivity contribution in [3.8, 4) is 0 Å². The summed E-state index contributed by atoms with van der Waals surface area (Å²) in [5.74, 6) is -0.0582. The largest absolute Gasteiger partial charge is 0.339 e. The molecule has 0 atom stereocenters. The molecular weight excluding hydrogens is 376 g/mol. The Bertz CT molecular complexity index is 1070. The minimum atomic E-state index is -0.0315. The summed E-state index contributed by atoms with van der Waals surface area (Å²) in [5.41, 5.74) is 1.30. The second-order valence-electron chi connectivity index (χ2n) is 7.52. The summed E-state index contributed by atoms with van der Waals surface area (Å²) in [4.78, 5) is 41.2. The number of Topliss-reactive ketones (excluding diaryl/α,β-unsaturated/α-hetero) is 1. The van der Waals surface area contributed by atoms with E-state index in [1.165, 1.54) is 0 Å². The third kappa shape index (κ3) is 4.40. The summed E-state index contributed by atoms with van der Waals surface area (Å²) in [5, 5.41) is 2.11. The summed E-state index contributed by atoms with van der Waals surface area (Å²) in [6.45, 7) is 2.03. The summed E-state index contributed by atoms with van der Waals surface area (Å²) < 4.78 is 0. The van der Waals surface area contributed by atoms with Crippen LogP contribution in [0, 0.1) is 0 Å². The molecule has 0 spiro atoms. The number of piperazine rings is 1. The minimum absolute atomic E-state index is 0.00539. The highest BCUT2D eigenvalue weighted by Crippen LogP contribution is 2.18. The van der Waals surface area contributed by atoms with Crippen molar-refractivity contribution in [2.75, 3.05) is 26.2 Å². The number of hydrogen-bond donors (Lipinski definition) is 0. The molecule has 1 fully saturated rings. The Morgan fingerprint density at radius 2 is 1.27 bits per heavy atom. The van der Waals surface area contributed by atoms with Crippen molar-refractivity contribution in [2.45, 2.75) is 12.8 Å². The van der Waals surface area contributed by atoms with Gasteiger partial charge in [0, 0.05) is 50.1 Å². The number of carbonyl (C=O) groups is 3. The maximum absolute atomic E-state index is 12.6. The molecule has 0 unspecified atom stereocenters. The van der Waals surface area contributed by atoms with Crippen molar-refractivity contribution in [2.24, 2.45) is 0 Å². The fourth-order valence-electron chi connectivity index (χ4n) is 3.81. The number of fused-ring (bicyclic) bond motifs is 1. The molecule has 3 aromatic rings. The molecule has 0 aromatic heterocycles. The van der Waals surface area contributed by atoms with Crippen LogP contribution in [-0.2, 0) is 4.79 Å². The average molecular weight is 400 g/mol. The lowest BCUT2D eigenvalue weighted by atomic mass is 10.0. The van der Waals surface area contributed by atoms with Gasteiger partial charge in [-0.05, 0) is 29.0 Å². The van der Waals surface area contributed by atoms with Gasteiger partial charge in [-0.15, -0.1) is 0 Å². The van der Waals surface area contributed by atoms with Crippen LogP contribution in [0.25, 0.3) is 10.8 Å². The summed E-state index contributed by atoms with van der Waals surface area (Å²) >= 11 is 0. The van der Waals surface area contributed by atoms with Crippen LogP contribution in [0.4, 0.5) is 0 Å². The first-order chi connectivity index (χ1) is 14.6. The highest BCUT2D eigenvalue weighted by Gasteiger charge is 2.25. The van der Waals surface area contributed by atoms with Gasteiger partial charge in [0.2, 0.25) is 5.91 Å². The molecule has 1 heterocycles. The fourth-order valence-corrected chi connectivity index (χ4v) is 3.81. The molecule has 30 heavy (non-hydrogen) atoms. The van der Waals surface area contributed by atoms with Crippen LogP contribution < -0.4 is 0 Å². The van der Waals surface area contributed by atoms with E-state index in [0.717, 1.165) is 10.8 Å². The molecule has 1 saturated heterocycles. The lowest BCUT2D eigenvalue weighted by molar-refractivity contribution is -0.132. The molecule has 0 N–H and O–H groups in total. The number of nitrogens with zero attached hydrogens (tertiary/aromatic N) is 2. The molecule has 1 aliphatic heterocycles. The van der Waals surface area contributed by atoms with E-state index in [4.69, 9.17) is 0 Å². The topological polar surface area (TPSA) is 57.7 Å². The van der Waals surface area contributed by atoms with Gasteiger partial charge in [0.15, 0.2) is 5.78 Å². The van der Waals surface area contributed by atoms with E-state index in [-0.39, 0.29) is 30.4 Å². The maximum Gasteiger partial charge on any atom is 0.253 e. The van der Waals surface area contributed by atoms with Crippen molar-refractivity contribution in [3.63, 3.8) is 0 Å². The Hall–Kier alpha value is -3.47. The molecule has 4 rings (SSSR count). The summed E-state index contributed by atoms with van der Waals surface area (Å²) in [7, 11) is 0. The first kappa shape index (κ1) is 19.8. The van der Waals surface area contributed by atoms with Crippen molar-refractivity contribution in [1.82, 2.24) is 9.80 Å². The summed E-state index contributed by atoms with van der Waals surface area (Å²) in [6.07, 6.45) is 0.388. The molecule has 0 saturated carbocycles. The van der Waals surface area contributed by atoms with Gasteiger partial charge in [0.05, 0.1) is 0 Å². The van der Waals surface area contributed by atoms with Crippen molar-refractivity contribution in [1.29, 1.82) is 0 Å². The van der Waals surface area contributed by atoms with E-state index in [0.29, 0.717) is 37.3 Å². The van der Waals surface area contributed by atoms with Gasteiger partial charge in [-0.2, -0.15) is 0 Å². The van der Waals surface area contributed by atoms with Crippen LogP contribution in [0.3, 0.4) is 0 Å². The van der Waals surface area contributed by atoms with Crippen molar-refractivity contribution >= 4 is 28.4 Å². The highest BCUT2D eigenvalue weighted by atomic mass is 16.2. The van der Waals surface area contributed by atoms with Gasteiger partial charge in [0.1, 0.15) is 0 Å². The number of ketones is 1. The van der Waals surface area contributed by atoms with Gasteiger partial charge >= 0.3 is 0 Å². The van der Waals surface area contributed by atoms with Crippen LogP contribution >= 0.6 is 0 Å². The predicted octanol–water partition coefficient (Wildman–Crippen LogP) is 3.79. The average Bonchev–Trinajstić information content (AvgIpc) is 2.82. The standard InChI is InChI=1S/C25H24N2O3/c28-23(22-11-10-19-6-4-5-9-21(19)18-22)12-13-24(29)26-14-16-27(17-15-26)25(30)20-7-2-1-3-8-20/h1-11,18H,12-17H2. The van der Waals surface area contributed by atoms with E-state index in [1.54, 1.807) is 21.9 Å². The van der Waals surface area contributed by atoms with Crippen molar-refractivity contribution < 1.29 is 14.4 Å². The smallest absolute Gasteiger partial charge is 0.253 e. The second kappa shape index (κ2) is 8.91. The number of amides is 2. The van der Waals surface area contributed by atoms with Gasteiger partial charge in [0.25, 0.3) is 5.91 Å². The monoisotopic (exact) mass is 400 g/mol. The van der Waals surface area contributed by atoms with Gasteiger partial charge in [-0.1, -0.05) is 54.6 Å². The summed E-state index contributed by atoms with van der Waals surface area (Å²) in [6, 6.07) is 22.7. The molecule has 0 aliphatic carbocycles. The molecule has 152 valence electrons. The van der Waals surface area contributed by atoms with Crippen LogP contribution in [0.5, 0.6) is 0 Å². The molecule has 0 radical (unpaired) electrons. The SMILES string of the molecule is O=C(CCC(=O)N1CCN(C(=O)c2ccccc2)CC1)c1ccc2ccccc2c1. The Morgan fingerprint density at radius 3 is 2.00 bits per heavy atom. The van der Waals surface area contributed by atoms with Crippen molar-refractivity contribution in [3.05, 3.63) is 83.9 Å². The molecule has 2 amide bonds. The lowest BCUT2D eigenvalue weighted by Crippen LogP contribution is -2.50. The van der Waals surface area contributed by atoms with Crippen LogP contribution in [-0.4, -0.2) is 53.6 Å². The molecule has 3 aromatic carbocycles. The molecule has 0 bridgehead atoms. The van der Waals surface area contributed by atoms with Gasteiger partial charge in [-0.3, -0.25) is 14.4 Å². The number of benzene rings is 3. The van der Waals surface area contributed by atoms with E-state index in [9.17, 15) is 14.4 Å². The van der Waals surface area contributed by atoms with E-state index < -0.39 is 0 Å². The van der Waals surface area contributed by atoms with E-state index in [1.807, 2.05) is 60.7 Å². The second-order valence-corrected chi connectivity index (χ2v) is 7.52. The quantitative estimate of drug-likeness (QED) is 0.613. The Labute approximate surface area is 175 Å². The molecule has 5 heteroatoms. The number of carbonyl (C=O) groups excluding carboxylic acids is 3. The minimum Gasteiger partial charge on any atom is -0.339 e.